The predicted octanol–water partition coefficient (Wildman–Crippen LogP) is 0.0831. The van der Waals surface area contributed by atoms with Crippen LogP contribution in [0, 0.1) is 0 Å². The number of aliphatic hydroxyl groups is 2. The molecule has 106 valence electrons. The second-order valence-electron chi connectivity index (χ2n) is 5.22. The molecule has 3 fully saturated rings. The number of ether oxygens (including phenoxy) is 3. The van der Waals surface area contributed by atoms with Crippen LogP contribution in [-0.4, -0.2) is 59.7 Å². The summed E-state index contributed by atoms with van der Waals surface area (Å²) in [5.41, 5.74) is 5.71. The molecule has 3 aliphatic rings. The molecule has 0 spiro atoms. The molecule has 0 saturated carbocycles. The Balaban J connectivity index is 1.99. The number of hydrogen-bond acceptors (Lipinski definition) is 6. The fourth-order valence-electron chi connectivity index (χ4n) is 3.36. The summed E-state index contributed by atoms with van der Waals surface area (Å²) in [7, 11) is 0. The van der Waals surface area contributed by atoms with Crippen molar-refractivity contribution in [2.24, 2.45) is 5.11 Å². The number of azide groups is 1. The molecule has 2 bridgehead atoms. The van der Waals surface area contributed by atoms with Gasteiger partial charge in [0.1, 0.15) is 12.2 Å². The van der Waals surface area contributed by atoms with Crippen LogP contribution in [0.3, 0.4) is 0 Å². The van der Waals surface area contributed by atoms with Gasteiger partial charge in [0.15, 0.2) is 5.60 Å². The van der Waals surface area contributed by atoms with Crippen molar-refractivity contribution < 1.29 is 24.4 Å². The van der Waals surface area contributed by atoms with Crippen molar-refractivity contribution in [2.75, 3.05) is 19.8 Å². The van der Waals surface area contributed by atoms with Gasteiger partial charge < -0.3 is 24.4 Å². The average Bonchev–Trinajstić information content (AvgIpc) is 2.87. The molecule has 3 heterocycles. The summed E-state index contributed by atoms with van der Waals surface area (Å²) in [5, 5.41) is 24.0. The smallest absolute Gasteiger partial charge is 0.204 e. The summed E-state index contributed by atoms with van der Waals surface area (Å²) in [6.07, 6.45) is 0.588. The highest BCUT2D eigenvalue weighted by molar-refractivity contribution is 5.20. The van der Waals surface area contributed by atoms with Crippen LogP contribution >= 0.6 is 0 Å². The zero-order valence-corrected chi connectivity index (χ0v) is 10.4. The lowest BCUT2D eigenvalue weighted by molar-refractivity contribution is -0.186. The summed E-state index contributed by atoms with van der Waals surface area (Å²) < 4.78 is 16.7. The summed E-state index contributed by atoms with van der Waals surface area (Å²) in [6, 6.07) is 0. The molecular formula is C11H17N3O5. The molecule has 5 atom stereocenters. The van der Waals surface area contributed by atoms with Gasteiger partial charge in [-0.2, -0.15) is 0 Å². The fourth-order valence-corrected chi connectivity index (χ4v) is 3.36. The molecule has 1 unspecified atom stereocenters. The molecular weight excluding hydrogens is 254 g/mol. The van der Waals surface area contributed by atoms with Crippen LogP contribution in [0.4, 0.5) is 0 Å². The van der Waals surface area contributed by atoms with Gasteiger partial charge in [-0.25, -0.2) is 0 Å². The molecule has 2 N–H and O–H groups in total. The Kier molecular flexibility index (Phi) is 3.17. The average molecular weight is 271 g/mol. The van der Waals surface area contributed by atoms with E-state index in [0.29, 0.717) is 13.0 Å². The zero-order valence-electron chi connectivity index (χ0n) is 10.4. The van der Waals surface area contributed by atoms with Crippen molar-refractivity contribution in [3.63, 3.8) is 0 Å². The minimum absolute atomic E-state index is 0.0193. The summed E-state index contributed by atoms with van der Waals surface area (Å²) in [4.78, 5) is 2.77. The number of aliphatic hydroxyl groups excluding tert-OH is 1. The Morgan fingerprint density at radius 2 is 2.21 bits per heavy atom. The normalized spacial score (nSPS) is 49.1. The largest absolute Gasteiger partial charge is 0.394 e. The lowest BCUT2D eigenvalue weighted by atomic mass is 9.81. The van der Waals surface area contributed by atoms with Crippen LogP contribution < -0.4 is 0 Å². The van der Waals surface area contributed by atoms with Gasteiger partial charge in [0.05, 0.1) is 19.3 Å². The van der Waals surface area contributed by atoms with E-state index in [1.54, 1.807) is 0 Å². The molecule has 8 heteroatoms. The first-order valence-corrected chi connectivity index (χ1v) is 6.48. The maximum absolute atomic E-state index is 11.0. The van der Waals surface area contributed by atoms with Crippen LogP contribution in [0.2, 0.25) is 0 Å². The van der Waals surface area contributed by atoms with Gasteiger partial charge in [0.25, 0.3) is 0 Å². The molecule has 19 heavy (non-hydrogen) atoms. The van der Waals surface area contributed by atoms with E-state index in [1.807, 2.05) is 0 Å². The first kappa shape index (κ1) is 13.1. The Hall–Kier alpha value is -0.890. The van der Waals surface area contributed by atoms with Gasteiger partial charge in [-0.1, -0.05) is 5.11 Å². The van der Waals surface area contributed by atoms with Crippen molar-refractivity contribution in [1.29, 1.82) is 0 Å². The van der Waals surface area contributed by atoms with E-state index < -0.39 is 29.6 Å². The molecule has 0 radical (unpaired) electrons. The minimum Gasteiger partial charge on any atom is -0.394 e. The maximum Gasteiger partial charge on any atom is 0.204 e. The highest BCUT2D eigenvalue weighted by Crippen LogP contribution is 2.52. The van der Waals surface area contributed by atoms with Crippen molar-refractivity contribution in [1.82, 2.24) is 0 Å². The van der Waals surface area contributed by atoms with Crippen molar-refractivity contribution >= 4 is 0 Å². The van der Waals surface area contributed by atoms with Crippen molar-refractivity contribution in [3.05, 3.63) is 10.4 Å². The van der Waals surface area contributed by atoms with Gasteiger partial charge in [0.2, 0.25) is 5.72 Å². The third-order valence-electron chi connectivity index (χ3n) is 4.26. The van der Waals surface area contributed by atoms with E-state index in [9.17, 15) is 10.2 Å². The standard InChI is InChI=1S/C11H17N3O5/c12-14-13-10-6-18-9(7(5-15)19-10)11(10,16)8-3-1-2-4-17-8/h7-9,15-16H,1-6H2/t7-,8?,9-,10-,11-/m0/s1. The van der Waals surface area contributed by atoms with E-state index in [1.165, 1.54) is 0 Å². The monoisotopic (exact) mass is 271 g/mol. The van der Waals surface area contributed by atoms with Gasteiger partial charge in [-0.05, 0) is 24.8 Å². The molecule has 0 amide bonds. The SMILES string of the molecule is [N-]=[N+]=N[C@@]12CO[C@@H]([C@H](CO)O1)[C@@]2(O)C1CCCCO1. The van der Waals surface area contributed by atoms with Gasteiger partial charge in [0, 0.05) is 11.5 Å². The van der Waals surface area contributed by atoms with Crippen LogP contribution in [0.25, 0.3) is 10.4 Å². The molecule has 3 saturated heterocycles. The Bertz CT molecular complexity index is 409. The second-order valence-corrected chi connectivity index (χ2v) is 5.22. The first-order chi connectivity index (χ1) is 9.18. The molecule has 0 aromatic rings. The van der Waals surface area contributed by atoms with E-state index in [-0.39, 0.29) is 13.2 Å². The maximum atomic E-state index is 11.0. The van der Waals surface area contributed by atoms with E-state index >= 15 is 0 Å². The number of nitrogens with zero attached hydrogens (tertiary/aromatic N) is 3. The van der Waals surface area contributed by atoms with Gasteiger partial charge in [-0.3, -0.25) is 0 Å². The molecule has 0 aliphatic carbocycles. The third-order valence-corrected chi connectivity index (χ3v) is 4.26. The first-order valence-electron chi connectivity index (χ1n) is 6.48. The Morgan fingerprint density at radius 1 is 1.37 bits per heavy atom. The topological polar surface area (TPSA) is 117 Å². The molecule has 0 aromatic heterocycles. The second kappa shape index (κ2) is 4.59. The van der Waals surface area contributed by atoms with Crippen LogP contribution in [0.5, 0.6) is 0 Å². The van der Waals surface area contributed by atoms with Crippen molar-refractivity contribution in [3.8, 4) is 0 Å². The van der Waals surface area contributed by atoms with Gasteiger partial charge in [-0.15, -0.1) is 0 Å². The predicted molar refractivity (Wildman–Crippen MR) is 62.1 cm³/mol. The number of rotatable bonds is 3. The Morgan fingerprint density at radius 3 is 2.84 bits per heavy atom. The van der Waals surface area contributed by atoms with Crippen LogP contribution in [0.1, 0.15) is 19.3 Å². The number of fused-ring (bicyclic) bond motifs is 2. The molecule has 3 rings (SSSR count). The summed E-state index contributed by atoms with van der Waals surface area (Å²) in [6.45, 7) is 0.229. The summed E-state index contributed by atoms with van der Waals surface area (Å²) >= 11 is 0. The van der Waals surface area contributed by atoms with E-state index in [0.717, 1.165) is 12.8 Å². The lowest BCUT2D eigenvalue weighted by Crippen LogP contribution is -2.60. The summed E-state index contributed by atoms with van der Waals surface area (Å²) in [5.74, 6) is 0. The Labute approximate surface area is 109 Å². The third kappa shape index (κ3) is 1.62. The number of hydrogen-bond donors (Lipinski definition) is 2. The zero-order chi connectivity index (χ0) is 13.5. The molecule has 3 aliphatic heterocycles. The van der Waals surface area contributed by atoms with Crippen LogP contribution in [-0.2, 0) is 14.2 Å². The highest BCUT2D eigenvalue weighted by Gasteiger charge is 2.74. The van der Waals surface area contributed by atoms with Crippen LogP contribution in [0.15, 0.2) is 5.11 Å². The minimum atomic E-state index is -1.53. The van der Waals surface area contributed by atoms with Gasteiger partial charge >= 0.3 is 0 Å². The quantitative estimate of drug-likeness (QED) is 0.428. The lowest BCUT2D eigenvalue weighted by Gasteiger charge is -2.39. The molecule has 0 aromatic carbocycles. The van der Waals surface area contributed by atoms with E-state index in [2.05, 4.69) is 10.0 Å². The van der Waals surface area contributed by atoms with Crippen molar-refractivity contribution in [2.45, 2.75) is 48.9 Å². The highest BCUT2D eigenvalue weighted by atomic mass is 16.7. The fraction of sp³-hybridized carbons (Fsp3) is 1.00. The molecule has 8 nitrogen and oxygen atoms in total. The van der Waals surface area contributed by atoms with E-state index in [4.69, 9.17) is 19.7 Å².